The molecule has 1 atom stereocenters. The van der Waals surface area contributed by atoms with Gasteiger partial charge in [0.25, 0.3) is 5.56 Å². The molecule has 1 saturated carbocycles. The number of hydrogen-bond donors (Lipinski definition) is 1. The first-order valence-corrected chi connectivity index (χ1v) is 10.6. The van der Waals surface area contributed by atoms with Crippen molar-refractivity contribution in [1.29, 1.82) is 0 Å². The number of nitrogen functional groups attached to an aromatic ring is 1. The van der Waals surface area contributed by atoms with E-state index in [1.54, 1.807) is 25.1 Å². The quantitative estimate of drug-likeness (QED) is 0.455. The van der Waals surface area contributed by atoms with E-state index in [4.69, 9.17) is 5.73 Å². The number of ketones is 1. The second-order valence-electron chi connectivity index (χ2n) is 7.48. The van der Waals surface area contributed by atoms with Crippen LogP contribution in [0.5, 0.6) is 0 Å². The molecule has 1 aromatic carbocycles. The van der Waals surface area contributed by atoms with Crippen LogP contribution in [0.1, 0.15) is 36.2 Å². The van der Waals surface area contributed by atoms with Gasteiger partial charge in [0.1, 0.15) is 17.2 Å². The Morgan fingerprint density at radius 3 is 2.52 bits per heavy atom. The highest BCUT2D eigenvalue weighted by Crippen LogP contribution is 2.42. The lowest BCUT2D eigenvalue weighted by atomic mass is 10.1. The van der Waals surface area contributed by atoms with E-state index in [9.17, 15) is 18.8 Å². The monoisotopic (exact) mass is 444 g/mol. The van der Waals surface area contributed by atoms with Gasteiger partial charge in [0, 0.05) is 20.1 Å². The van der Waals surface area contributed by atoms with Crippen LogP contribution in [0, 0.1) is 5.82 Å². The van der Waals surface area contributed by atoms with E-state index in [1.165, 1.54) is 20.2 Å². The molecule has 162 valence electrons. The summed E-state index contributed by atoms with van der Waals surface area (Å²) in [7, 11) is 2.69. The number of anilines is 1. The van der Waals surface area contributed by atoms with E-state index >= 15 is 0 Å². The van der Waals surface area contributed by atoms with Gasteiger partial charge in [0.2, 0.25) is 0 Å². The predicted octanol–water partition coefficient (Wildman–Crippen LogP) is 1.76. The van der Waals surface area contributed by atoms with Gasteiger partial charge in [0.05, 0.1) is 10.8 Å². The number of halogens is 1. The molecular weight excluding hydrogens is 423 g/mol. The third kappa shape index (κ3) is 3.58. The molecule has 2 aromatic heterocycles. The lowest BCUT2D eigenvalue weighted by Crippen LogP contribution is -2.42. The van der Waals surface area contributed by atoms with Crippen LogP contribution in [0.2, 0.25) is 0 Å². The maximum atomic E-state index is 14.3. The van der Waals surface area contributed by atoms with Crippen molar-refractivity contribution in [3.05, 3.63) is 56.5 Å². The number of hydrogen-bond acceptors (Lipinski definition) is 7. The molecular formula is C20H21FN6O3S. The van der Waals surface area contributed by atoms with Crippen LogP contribution in [0.4, 0.5) is 10.2 Å². The lowest BCUT2D eigenvalue weighted by Gasteiger charge is -2.15. The molecule has 0 radical (unpaired) electrons. The molecule has 1 unspecified atom stereocenters. The fourth-order valence-electron chi connectivity index (χ4n) is 3.35. The van der Waals surface area contributed by atoms with Gasteiger partial charge in [-0.05, 0) is 31.9 Å². The predicted molar refractivity (Wildman–Crippen MR) is 115 cm³/mol. The second-order valence-corrected chi connectivity index (χ2v) is 8.79. The zero-order valence-electron chi connectivity index (χ0n) is 17.2. The molecule has 0 aliphatic heterocycles. The number of nitrogens with zero attached hydrogens (tertiary/aromatic N) is 5. The standard InChI is InChI=1S/C20H21FN6O3S/c1-10(15(28)14-16(22)25(2)20(30)26(3)18(14)29)31-19-24-23-17(27(19)11-8-9-11)12-6-4-5-7-13(12)21/h4-7,10-11H,8-9,22H2,1-3H3. The molecule has 0 bridgehead atoms. The van der Waals surface area contributed by atoms with Crippen LogP contribution in [-0.2, 0) is 14.1 Å². The number of carbonyl (C=O) groups excluding carboxylic acids is 1. The first kappa shape index (κ1) is 21.0. The average Bonchev–Trinajstić information content (AvgIpc) is 3.51. The van der Waals surface area contributed by atoms with Crippen LogP contribution < -0.4 is 17.0 Å². The van der Waals surface area contributed by atoms with Crippen molar-refractivity contribution in [3.63, 3.8) is 0 Å². The highest BCUT2D eigenvalue weighted by atomic mass is 32.2. The van der Waals surface area contributed by atoms with Gasteiger partial charge in [-0.1, -0.05) is 23.9 Å². The average molecular weight is 444 g/mol. The summed E-state index contributed by atoms with van der Waals surface area (Å²) >= 11 is 1.12. The van der Waals surface area contributed by atoms with E-state index < -0.39 is 28.1 Å². The van der Waals surface area contributed by atoms with Gasteiger partial charge in [-0.25, -0.2) is 9.18 Å². The summed E-state index contributed by atoms with van der Waals surface area (Å²) in [5, 5.41) is 8.09. The minimum atomic E-state index is -0.742. The van der Waals surface area contributed by atoms with Crippen molar-refractivity contribution in [2.45, 2.75) is 36.2 Å². The molecule has 0 spiro atoms. The van der Waals surface area contributed by atoms with E-state index in [-0.39, 0.29) is 17.4 Å². The molecule has 4 rings (SSSR count). The van der Waals surface area contributed by atoms with Crippen LogP contribution in [0.25, 0.3) is 11.4 Å². The summed E-state index contributed by atoms with van der Waals surface area (Å²) in [6.45, 7) is 1.63. The number of benzene rings is 1. The second kappa shape index (κ2) is 7.80. The smallest absolute Gasteiger partial charge is 0.332 e. The summed E-state index contributed by atoms with van der Waals surface area (Å²) in [6, 6.07) is 6.45. The molecule has 2 heterocycles. The Balaban J connectivity index is 1.70. The largest absolute Gasteiger partial charge is 0.384 e. The first-order chi connectivity index (χ1) is 14.7. The topological polar surface area (TPSA) is 118 Å². The highest BCUT2D eigenvalue weighted by molar-refractivity contribution is 8.00. The van der Waals surface area contributed by atoms with Crippen molar-refractivity contribution in [1.82, 2.24) is 23.9 Å². The lowest BCUT2D eigenvalue weighted by molar-refractivity contribution is 0.0992. The van der Waals surface area contributed by atoms with Crippen molar-refractivity contribution < 1.29 is 9.18 Å². The Hall–Kier alpha value is -3.21. The fraction of sp³-hybridized carbons (Fsp3) is 0.350. The highest BCUT2D eigenvalue weighted by Gasteiger charge is 2.33. The van der Waals surface area contributed by atoms with Gasteiger partial charge in [-0.15, -0.1) is 10.2 Å². The molecule has 2 N–H and O–H groups in total. The number of Topliss-reactive ketones (excluding diaryl/α,β-unsaturated/α-hetero) is 1. The number of rotatable bonds is 6. The first-order valence-electron chi connectivity index (χ1n) is 9.68. The zero-order chi connectivity index (χ0) is 22.4. The molecule has 9 nitrogen and oxygen atoms in total. The molecule has 31 heavy (non-hydrogen) atoms. The van der Waals surface area contributed by atoms with Gasteiger partial charge >= 0.3 is 5.69 Å². The zero-order valence-corrected chi connectivity index (χ0v) is 18.0. The van der Waals surface area contributed by atoms with Crippen LogP contribution in [-0.4, -0.2) is 34.9 Å². The Bertz CT molecular complexity index is 1310. The van der Waals surface area contributed by atoms with Crippen molar-refractivity contribution in [2.24, 2.45) is 14.1 Å². The number of thioether (sulfide) groups is 1. The molecule has 0 saturated heterocycles. The maximum absolute atomic E-state index is 14.3. The van der Waals surface area contributed by atoms with E-state index in [1.807, 2.05) is 4.57 Å². The normalized spacial score (nSPS) is 14.6. The molecule has 11 heteroatoms. The summed E-state index contributed by atoms with van der Waals surface area (Å²) < 4.78 is 18.1. The number of nitrogens with two attached hydrogens (primary N) is 1. The van der Waals surface area contributed by atoms with Crippen LogP contribution >= 0.6 is 11.8 Å². The summed E-state index contributed by atoms with van der Waals surface area (Å²) in [4.78, 5) is 37.6. The van der Waals surface area contributed by atoms with Gasteiger partial charge < -0.3 is 5.73 Å². The summed E-state index contributed by atoms with van der Waals surface area (Å²) in [5.41, 5.74) is 4.66. The molecule has 1 aliphatic carbocycles. The summed E-state index contributed by atoms with van der Waals surface area (Å²) in [6.07, 6.45) is 1.81. The number of carbonyl (C=O) groups is 1. The van der Waals surface area contributed by atoms with Crippen molar-refractivity contribution in [2.75, 3.05) is 5.73 Å². The molecule has 1 aliphatic rings. The van der Waals surface area contributed by atoms with E-state index in [0.29, 0.717) is 16.5 Å². The Kier molecular flexibility index (Phi) is 5.29. The molecule has 1 fully saturated rings. The third-order valence-corrected chi connectivity index (χ3v) is 6.36. The Morgan fingerprint density at radius 1 is 1.19 bits per heavy atom. The summed E-state index contributed by atoms with van der Waals surface area (Å²) in [5.74, 6) is -0.697. The van der Waals surface area contributed by atoms with E-state index in [0.717, 1.165) is 33.7 Å². The van der Waals surface area contributed by atoms with E-state index in [2.05, 4.69) is 10.2 Å². The van der Waals surface area contributed by atoms with Gasteiger partial charge in [-0.3, -0.25) is 23.3 Å². The van der Waals surface area contributed by atoms with Crippen LogP contribution in [0.3, 0.4) is 0 Å². The molecule has 0 amide bonds. The minimum Gasteiger partial charge on any atom is -0.384 e. The minimum absolute atomic E-state index is 0.130. The Morgan fingerprint density at radius 2 is 1.87 bits per heavy atom. The third-order valence-electron chi connectivity index (χ3n) is 5.30. The van der Waals surface area contributed by atoms with Gasteiger partial charge in [0.15, 0.2) is 16.8 Å². The molecule has 3 aromatic rings. The van der Waals surface area contributed by atoms with Crippen molar-refractivity contribution in [3.8, 4) is 11.4 Å². The Labute approximate surface area is 180 Å². The van der Waals surface area contributed by atoms with Crippen molar-refractivity contribution >= 4 is 23.4 Å². The SMILES string of the molecule is CC(Sc1nnc(-c2ccccc2F)n1C1CC1)C(=O)c1c(N)n(C)c(=O)n(C)c1=O. The maximum Gasteiger partial charge on any atom is 0.332 e. The fourth-order valence-corrected chi connectivity index (χ4v) is 4.33. The van der Waals surface area contributed by atoms with Gasteiger partial charge in [-0.2, -0.15) is 0 Å². The number of aromatic nitrogens is 5. The van der Waals surface area contributed by atoms with Crippen LogP contribution in [0.15, 0.2) is 39.0 Å².